The Hall–Kier alpha value is -2.75. The van der Waals surface area contributed by atoms with E-state index in [2.05, 4.69) is 11.9 Å². The number of fused-ring (bicyclic) bond motifs is 1. The number of benzene rings is 2. The predicted octanol–water partition coefficient (Wildman–Crippen LogP) is 4.77. The first kappa shape index (κ1) is 15.2. The molecule has 1 aromatic heterocycles. The van der Waals surface area contributed by atoms with Crippen molar-refractivity contribution >= 4 is 28.0 Å². The van der Waals surface area contributed by atoms with Crippen LogP contribution in [0.2, 0.25) is 0 Å². The van der Waals surface area contributed by atoms with Crippen LogP contribution in [-0.2, 0) is 0 Å². The fourth-order valence-corrected chi connectivity index (χ4v) is 2.73. The van der Waals surface area contributed by atoms with Crippen molar-refractivity contribution in [1.29, 1.82) is 0 Å². The number of hydrogen-bond acceptors (Lipinski definition) is 3. The van der Waals surface area contributed by atoms with Crippen molar-refractivity contribution in [1.82, 2.24) is 4.98 Å². The molecule has 4 heteroatoms. The first-order valence-electron chi connectivity index (χ1n) is 7.92. The zero-order valence-electron chi connectivity index (χ0n) is 13.2. The van der Waals surface area contributed by atoms with Crippen LogP contribution in [0.3, 0.4) is 0 Å². The molecule has 118 valence electrons. The van der Waals surface area contributed by atoms with Crippen molar-refractivity contribution in [3.8, 4) is 5.88 Å². The van der Waals surface area contributed by atoms with E-state index >= 15 is 0 Å². The lowest BCUT2D eigenvalue weighted by Crippen LogP contribution is -2.00. The molecule has 4 N–H and O–H groups in total. The summed E-state index contributed by atoms with van der Waals surface area (Å²) in [5.74, 6) is 0.149. The number of anilines is 1. The Balaban J connectivity index is 2.15. The fraction of sp³-hybridized carbons (Fsp3) is 0.211. The van der Waals surface area contributed by atoms with Gasteiger partial charge in [-0.1, -0.05) is 31.5 Å². The van der Waals surface area contributed by atoms with Crippen molar-refractivity contribution in [2.24, 2.45) is 4.99 Å². The molecule has 0 saturated carbocycles. The lowest BCUT2D eigenvalue weighted by Gasteiger charge is -2.07. The minimum absolute atomic E-state index is 0.149. The van der Waals surface area contributed by atoms with Crippen LogP contribution in [0.1, 0.15) is 31.7 Å². The Morgan fingerprint density at radius 1 is 1.17 bits per heavy atom. The van der Waals surface area contributed by atoms with E-state index in [1.807, 2.05) is 48.5 Å². The maximum atomic E-state index is 10.4. The van der Waals surface area contributed by atoms with Gasteiger partial charge in [0.05, 0.1) is 17.0 Å². The molecule has 3 aromatic rings. The number of nitrogens with two attached hydrogens (primary N) is 1. The number of nitrogens with one attached hydrogen (secondary N) is 1. The topological polar surface area (TPSA) is 74.4 Å². The minimum atomic E-state index is 0.149. The molecule has 3 rings (SSSR count). The summed E-state index contributed by atoms with van der Waals surface area (Å²) in [7, 11) is 0. The van der Waals surface area contributed by atoms with E-state index in [4.69, 9.17) is 10.7 Å². The molecule has 0 aliphatic heterocycles. The van der Waals surface area contributed by atoms with Crippen LogP contribution in [0.25, 0.3) is 10.9 Å². The molecule has 0 bridgehead atoms. The van der Waals surface area contributed by atoms with E-state index < -0.39 is 0 Å². The van der Waals surface area contributed by atoms with E-state index in [0.29, 0.717) is 5.69 Å². The number of hydrogen-bond donors (Lipinski definition) is 3. The Morgan fingerprint density at radius 3 is 2.70 bits per heavy atom. The van der Waals surface area contributed by atoms with Crippen molar-refractivity contribution in [3.63, 3.8) is 0 Å². The molecule has 1 heterocycles. The van der Waals surface area contributed by atoms with Gasteiger partial charge in [0.25, 0.3) is 0 Å². The van der Waals surface area contributed by atoms with E-state index in [0.717, 1.165) is 47.1 Å². The van der Waals surface area contributed by atoms with Gasteiger partial charge in [0.1, 0.15) is 0 Å². The van der Waals surface area contributed by atoms with E-state index in [-0.39, 0.29) is 5.88 Å². The van der Waals surface area contributed by atoms with Crippen LogP contribution in [-0.4, -0.2) is 15.8 Å². The SMILES string of the molecule is CCCCC(=Nc1ccccc1)c1c(O)[nH]c2ccc(N)cc12. The summed E-state index contributed by atoms with van der Waals surface area (Å²) < 4.78 is 0. The third-order valence-electron chi connectivity index (χ3n) is 3.88. The van der Waals surface area contributed by atoms with Gasteiger partial charge in [-0.3, -0.25) is 4.99 Å². The van der Waals surface area contributed by atoms with Gasteiger partial charge in [0, 0.05) is 16.6 Å². The Bertz CT molecular complexity index is 834. The number of para-hydroxylation sites is 1. The molecule has 0 aliphatic carbocycles. The highest BCUT2D eigenvalue weighted by Gasteiger charge is 2.16. The van der Waals surface area contributed by atoms with Crippen LogP contribution in [0.15, 0.2) is 53.5 Å². The molecule has 4 nitrogen and oxygen atoms in total. The highest BCUT2D eigenvalue weighted by atomic mass is 16.3. The quantitative estimate of drug-likeness (QED) is 0.469. The monoisotopic (exact) mass is 307 g/mol. The number of rotatable bonds is 5. The molecule has 0 atom stereocenters. The number of aromatic nitrogens is 1. The summed E-state index contributed by atoms with van der Waals surface area (Å²) in [4.78, 5) is 7.79. The van der Waals surface area contributed by atoms with Crippen molar-refractivity contribution in [2.75, 3.05) is 5.73 Å². The summed E-state index contributed by atoms with van der Waals surface area (Å²) in [5, 5.41) is 11.3. The van der Waals surface area contributed by atoms with Crippen LogP contribution in [0, 0.1) is 0 Å². The van der Waals surface area contributed by atoms with Crippen LogP contribution >= 0.6 is 0 Å². The van der Waals surface area contributed by atoms with Crippen molar-refractivity contribution in [3.05, 3.63) is 54.1 Å². The van der Waals surface area contributed by atoms with Gasteiger partial charge in [0.2, 0.25) is 0 Å². The maximum Gasteiger partial charge on any atom is 0.198 e. The maximum absolute atomic E-state index is 10.4. The first-order chi connectivity index (χ1) is 11.2. The molecular formula is C19H21N3O. The lowest BCUT2D eigenvalue weighted by molar-refractivity contribution is 0.457. The summed E-state index contributed by atoms with van der Waals surface area (Å²) in [6.07, 6.45) is 2.89. The summed E-state index contributed by atoms with van der Waals surface area (Å²) in [5.41, 5.74) is 9.98. The predicted molar refractivity (Wildman–Crippen MR) is 96.5 cm³/mol. The largest absolute Gasteiger partial charge is 0.494 e. The minimum Gasteiger partial charge on any atom is -0.494 e. The van der Waals surface area contributed by atoms with Gasteiger partial charge in [0.15, 0.2) is 5.88 Å². The molecule has 0 unspecified atom stereocenters. The Labute approximate surface area is 135 Å². The normalized spacial score (nSPS) is 12.0. The molecule has 0 radical (unpaired) electrons. The van der Waals surface area contributed by atoms with Gasteiger partial charge in [-0.05, 0) is 43.2 Å². The molecule has 0 saturated heterocycles. The Morgan fingerprint density at radius 2 is 1.96 bits per heavy atom. The van der Waals surface area contributed by atoms with Gasteiger partial charge in [-0.25, -0.2) is 0 Å². The third kappa shape index (κ3) is 3.21. The van der Waals surface area contributed by atoms with Gasteiger partial charge in [-0.2, -0.15) is 0 Å². The van der Waals surface area contributed by atoms with Crippen molar-refractivity contribution in [2.45, 2.75) is 26.2 Å². The number of aliphatic imine (C=N–C) groups is 1. The zero-order valence-corrected chi connectivity index (χ0v) is 13.2. The van der Waals surface area contributed by atoms with Crippen LogP contribution in [0.5, 0.6) is 5.88 Å². The number of nitrogen functional groups attached to an aromatic ring is 1. The van der Waals surface area contributed by atoms with Crippen LogP contribution < -0.4 is 5.73 Å². The Kier molecular flexibility index (Phi) is 4.33. The smallest absolute Gasteiger partial charge is 0.198 e. The van der Waals surface area contributed by atoms with E-state index in [1.54, 1.807) is 0 Å². The second-order valence-electron chi connectivity index (χ2n) is 5.65. The fourth-order valence-electron chi connectivity index (χ4n) is 2.73. The van der Waals surface area contributed by atoms with E-state index in [1.165, 1.54) is 0 Å². The van der Waals surface area contributed by atoms with Crippen LogP contribution in [0.4, 0.5) is 11.4 Å². The lowest BCUT2D eigenvalue weighted by atomic mass is 10.0. The average Bonchev–Trinajstić information content (AvgIpc) is 2.87. The molecule has 0 aliphatic rings. The molecule has 23 heavy (non-hydrogen) atoms. The number of nitrogens with zero attached hydrogens (tertiary/aromatic N) is 1. The summed E-state index contributed by atoms with van der Waals surface area (Å²) >= 11 is 0. The molecule has 0 spiro atoms. The van der Waals surface area contributed by atoms with Crippen molar-refractivity contribution < 1.29 is 5.11 Å². The van der Waals surface area contributed by atoms with Gasteiger partial charge < -0.3 is 15.8 Å². The number of aromatic amines is 1. The van der Waals surface area contributed by atoms with Gasteiger partial charge >= 0.3 is 0 Å². The molecular weight excluding hydrogens is 286 g/mol. The average molecular weight is 307 g/mol. The van der Waals surface area contributed by atoms with Gasteiger partial charge in [-0.15, -0.1) is 0 Å². The second-order valence-corrected chi connectivity index (χ2v) is 5.65. The zero-order chi connectivity index (χ0) is 16.2. The molecule has 0 fully saturated rings. The standard InChI is InChI=1S/C19H21N3O/c1-2-3-9-17(21-14-7-5-4-6-8-14)18-15-12-13(20)10-11-16(15)22-19(18)23/h4-8,10-12,22-23H,2-3,9,20H2,1H3. The number of unbranched alkanes of at least 4 members (excludes halogenated alkanes) is 1. The highest BCUT2D eigenvalue weighted by molar-refractivity contribution is 6.14. The highest BCUT2D eigenvalue weighted by Crippen LogP contribution is 2.31. The van der Waals surface area contributed by atoms with E-state index in [9.17, 15) is 5.11 Å². The molecule has 0 amide bonds. The number of aromatic hydroxyl groups is 1. The molecule has 2 aromatic carbocycles. The summed E-state index contributed by atoms with van der Waals surface area (Å²) in [6.45, 7) is 2.15. The second kappa shape index (κ2) is 6.57. The number of H-pyrrole nitrogens is 1. The summed E-state index contributed by atoms with van der Waals surface area (Å²) in [6, 6.07) is 15.4. The third-order valence-corrected chi connectivity index (χ3v) is 3.88. The first-order valence-corrected chi connectivity index (χ1v) is 7.92.